The minimum atomic E-state index is -0.590. The van der Waals surface area contributed by atoms with Gasteiger partial charge in [-0.05, 0) is 39.2 Å². The summed E-state index contributed by atoms with van der Waals surface area (Å²) in [6.07, 6.45) is -0.514. The number of ether oxygens (including phenoxy) is 1. The van der Waals surface area contributed by atoms with E-state index in [1.807, 2.05) is 44.2 Å². The van der Waals surface area contributed by atoms with Crippen LogP contribution < -0.4 is 10.6 Å². The van der Waals surface area contributed by atoms with E-state index in [9.17, 15) is 9.59 Å². The number of hydrogen-bond acceptors (Lipinski definition) is 4. The number of nitrogens with zero attached hydrogens (tertiary/aromatic N) is 2. The van der Waals surface area contributed by atoms with Crippen LogP contribution >= 0.6 is 11.6 Å². The molecule has 0 radical (unpaired) electrons. The van der Waals surface area contributed by atoms with Crippen molar-refractivity contribution in [2.75, 3.05) is 6.54 Å². The molecule has 0 saturated carbocycles. The van der Waals surface area contributed by atoms with Gasteiger partial charge in [0.1, 0.15) is 10.8 Å². The highest BCUT2D eigenvalue weighted by Gasteiger charge is 2.24. The molecule has 2 N–H and O–H groups in total. The van der Waals surface area contributed by atoms with Crippen LogP contribution in [-0.4, -0.2) is 40.0 Å². The number of aromatic nitrogens is 2. The van der Waals surface area contributed by atoms with E-state index in [1.165, 1.54) is 0 Å². The Morgan fingerprint density at radius 3 is 2.40 bits per heavy atom. The topological polar surface area (TPSA) is 85.3 Å². The van der Waals surface area contributed by atoms with Crippen molar-refractivity contribution in [3.63, 3.8) is 0 Å². The third-order valence-corrected chi connectivity index (χ3v) is 4.84. The minimum absolute atomic E-state index is 0.0928. The molecule has 164 valence electrons. The second-order valence-electron chi connectivity index (χ2n) is 8.60. The maximum Gasteiger partial charge on any atom is 0.407 e. The molecule has 0 saturated heterocycles. The number of hydrogen-bond donors (Lipinski definition) is 2. The highest BCUT2D eigenvalue weighted by Crippen LogP contribution is 2.21. The number of nitrogens with one attached hydrogen (secondary N) is 2. The molecule has 1 atom stereocenters. The predicted octanol–water partition coefficient (Wildman–Crippen LogP) is 4.17. The summed E-state index contributed by atoms with van der Waals surface area (Å²) in [4.78, 5) is 24.9. The van der Waals surface area contributed by atoms with Gasteiger partial charge in [0.05, 0.1) is 23.8 Å². The lowest BCUT2D eigenvalue weighted by Gasteiger charge is -2.26. The number of carbonyl (C=O) groups excluding carboxylic acids is 2. The molecule has 0 aliphatic rings. The van der Waals surface area contributed by atoms with E-state index in [2.05, 4.69) is 15.7 Å². The van der Waals surface area contributed by atoms with E-state index in [-0.39, 0.29) is 29.6 Å². The van der Waals surface area contributed by atoms with Crippen LogP contribution in [0.4, 0.5) is 4.79 Å². The van der Waals surface area contributed by atoms with Crippen molar-refractivity contribution >= 4 is 23.6 Å². The molecular weight excluding hydrogens is 404 g/mol. The zero-order chi connectivity index (χ0) is 22.5. The number of aryl methyl sites for hydroxylation is 1. The van der Waals surface area contributed by atoms with E-state index >= 15 is 0 Å². The van der Waals surface area contributed by atoms with E-state index in [0.717, 1.165) is 5.56 Å². The zero-order valence-electron chi connectivity index (χ0n) is 18.5. The number of halogens is 1. The Morgan fingerprint density at radius 1 is 1.20 bits per heavy atom. The van der Waals surface area contributed by atoms with E-state index < -0.39 is 11.7 Å². The summed E-state index contributed by atoms with van der Waals surface area (Å²) in [5.41, 5.74) is 1.34. The van der Waals surface area contributed by atoms with Gasteiger partial charge in [-0.2, -0.15) is 5.10 Å². The molecule has 7 nitrogen and oxygen atoms in total. The van der Waals surface area contributed by atoms with Crippen LogP contribution in [0.25, 0.3) is 0 Å². The van der Waals surface area contributed by atoms with Crippen molar-refractivity contribution in [3.05, 3.63) is 52.3 Å². The SMILES string of the molecule is Cc1nn(Cc2ccccc2)c(Cl)c1C(=O)NCC(NC(=O)OC(C)(C)C)C(C)C. The first kappa shape index (κ1) is 23.7. The highest BCUT2D eigenvalue weighted by molar-refractivity contribution is 6.33. The summed E-state index contributed by atoms with van der Waals surface area (Å²) in [6.45, 7) is 11.8. The Morgan fingerprint density at radius 2 is 1.83 bits per heavy atom. The molecule has 8 heteroatoms. The summed E-state index contributed by atoms with van der Waals surface area (Å²) in [7, 11) is 0. The number of rotatable bonds is 7. The monoisotopic (exact) mass is 434 g/mol. The fraction of sp³-hybridized carbons (Fsp3) is 0.500. The van der Waals surface area contributed by atoms with Crippen LogP contribution in [0, 0.1) is 12.8 Å². The number of amides is 2. The summed E-state index contributed by atoms with van der Waals surface area (Å²) in [6, 6.07) is 9.48. The molecule has 2 amide bonds. The molecule has 0 bridgehead atoms. The van der Waals surface area contributed by atoms with Gasteiger partial charge in [-0.1, -0.05) is 55.8 Å². The Hall–Kier alpha value is -2.54. The van der Waals surface area contributed by atoms with Gasteiger partial charge in [0.15, 0.2) is 0 Å². The first-order chi connectivity index (χ1) is 14.0. The second kappa shape index (κ2) is 9.98. The van der Waals surface area contributed by atoms with Gasteiger partial charge in [-0.15, -0.1) is 0 Å². The van der Waals surface area contributed by atoms with Gasteiger partial charge in [0.2, 0.25) is 0 Å². The number of carbonyl (C=O) groups is 2. The number of benzene rings is 1. The first-order valence-electron chi connectivity index (χ1n) is 10.0. The molecule has 1 unspecified atom stereocenters. The van der Waals surface area contributed by atoms with E-state index in [0.29, 0.717) is 17.8 Å². The van der Waals surface area contributed by atoms with Crippen molar-refractivity contribution < 1.29 is 14.3 Å². The lowest BCUT2D eigenvalue weighted by Crippen LogP contribution is -2.48. The van der Waals surface area contributed by atoms with Crippen molar-refractivity contribution in [1.29, 1.82) is 0 Å². The molecule has 0 fully saturated rings. The fourth-order valence-electron chi connectivity index (χ4n) is 2.88. The molecule has 0 aliphatic carbocycles. The van der Waals surface area contributed by atoms with Crippen LogP contribution in [0.3, 0.4) is 0 Å². The molecular formula is C22H31ClN4O3. The van der Waals surface area contributed by atoms with Crippen molar-refractivity contribution in [1.82, 2.24) is 20.4 Å². The van der Waals surface area contributed by atoms with Gasteiger partial charge >= 0.3 is 6.09 Å². The largest absolute Gasteiger partial charge is 0.444 e. The Labute approximate surface area is 183 Å². The van der Waals surface area contributed by atoms with Crippen LogP contribution in [-0.2, 0) is 11.3 Å². The Bertz CT molecular complexity index is 872. The lowest BCUT2D eigenvalue weighted by molar-refractivity contribution is 0.0487. The smallest absolute Gasteiger partial charge is 0.407 e. The van der Waals surface area contributed by atoms with E-state index in [1.54, 1.807) is 32.4 Å². The first-order valence-corrected chi connectivity index (χ1v) is 10.4. The average Bonchev–Trinajstić information content (AvgIpc) is 2.91. The quantitative estimate of drug-likeness (QED) is 0.684. The summed E-state index contributed by atoms with van der Waals surface area (Å²) in [5, 5.41) is 10.4. The second-order valence-corrected chi connectivity index (χ2v) is 8.96. The molecule has 30 heavy (non-hydrogen) atoms. The predicted molar refractivity (Wildman–Crippen MR) is 118 cm³/mol. The van der Waals surface area contributed by atoms with Gasteiger partial charge < -0.3 is 15.4 Å². The van der Waals surface area contributed by atoms with Crippen molar-refractivity contribution in [3.8, 4) is 0 Å². The van der Waals surface area contributed by atoms with Gasteiger partial charge in [-0.25, -0.2) is 9.48 Å². The van der Waals surface area contributed by atoms with E-state index in [4.69, 9.17) is 16.3 Å². The standard InChI is InChI=1S/C22H31ClN4O3/c1-14(2)17(25-21(29)30-22(4,5)6)12-24-20(28)18-15(3)26-27(19(18)23)13-16-10-8-7-9-11-16/h7-11,14,17H,12-13H2,1-6H3,(H,24,28)(H,25,29). The highest BCUT2D eigenvalue weighted by atomic mass is 35.5. The molecule has 0 aliphatic heterocycles. The molecule has 2 rings (SSSR count). The van der Waals surface area contributed by atoms with Crippen molar-refractivity contribution in [2.24, 2.45) is 5.92 Å². The van der Waals surface area contributed by atoms with Crippen LogP contribution in [0.5, 0.6) is 0 Å². The Balaban J connectivity index is 2.04. The van der Waals surface area contributed by atoms with Crippen LogP contribution in [0.2, 0.25) is 5.15 Å². The maximum atomic E-state index is 12.8. The fourth-order valence-corrected chi connectivity index (χ4v) is 3.20. The van der Waals surface area contributed by atoms with Crippen molar-refractivity contribution in [2.45, 2.75) is 59.7 Å². The molecule has 1 aromatic carbocycles. The third-order valence-electron chi connectivity index (χ3n) is 4.46. The normalized spacial score (nSPS) is 12.5. The van der Waals surface area contributed by atoms with Gasteiger partial charge in [0, 0.05) is 6.54 Å². The van der Waals surface area contributed by atoms with Crippen LogP contribution in [0.15, 0.2) is 30.3 Å². The molecule has 1 aromatic heterocycles. The lowest BCUT2D eigenvalue weighted by atomic mass is 10.0. The summed E-state index contributed by atoms with van der Waals surface area (Å²) in [5.74, 6) is -0.233. The summed E-state index contributed by atoms with van der Waals surface area (Å²) >= 11 is 6.46. The summed E-state index contributed by atoms with van der Waals surface area (Å²) < 4.78 is 6.92. The number of alkyl carbamates (subject to hydrolysis) is 1. The molecule has 0 spiro atoms. The van der Waals surface area contributed by atoms with Gasteiger partial charge in [0.25, 0.3) is 5.91 Å². The van der Waals surface area contributed by atoms with Gasteiger partial charge in [-0.3, -0.25) is 4.79 Å². The molecule has 1 heterocycles. The third kappa shape index (κ3) is 6.76. The Kier molecular flexibility index (Phi) is 7.89. The minimum Gasteiger partial charge on any atom is -0.444 e. The average molecular weight is 435 g/mol. The van der Waals surface area contributed by atoms with Crippen LogP contribution in [0.1, 0.15) is 56.2 Å². The molecule has 2 aromatic rings. The zero-order valence-corrected chi connectivity index (χ0v) is 19.2. The maximum absolute atomic E-state index is 12.8.